The molecule has 4 heterocycles. The summed E-state index contributed by atoms with van der Waals surface area (Å²) >= 11 is 0. The van der Waals surface area contributed by atoms with Gasteiger partial charge in [-0.15, -0.1) is 0 Å². The molecule has 57 heavy (non-hydrogen) atoms. The summed E-state index contributed by atoms with van der Waals surface area (Å²) in [5.41, 5.74) is 3.87. The van der Waals surface area contributed by atoms with Gasteiger partial charge in [0.25, 0.3) is 0 Å². The van der Waals surface area contributed by atoms with E-state index in [0.717, 1.165) is 47.8 Å². The Hall–Kier alpha value is -7.83. The molecule has 0 saturated carbocycles. The highest BCUT2D eigenvalue weighted by Crippen LogP contribution is 2.38. The lowest BCUT2D eigenvalue weighted by atomic mass is 9.96. The second-order valence-corrected chi connectivity index (χ2v) is 13.3. The highest BCUT2D eigenvalue weighted by molar-refractivity contribution is 6.13. The van der Waals surface area contributed by atoms with Crippen molar-refractivity contribution in [2.75, 3.05) is 0 Å². The Morgan fingerprint density at radius 1 is 0.404 bits per heavy atom. The number of hydrogen-bond donors (Lipinski definition) is 0. The fraction of sp³-hybridized carbons (Fsp3) is 0. The maximum atomic E-state index is 9.20. The highest BCUT2D eigenvalue weighted by atomic mass is 16.3. The lowest BCUT2D eigenvalue weighted by Crippen LogP contribution is -2.10. The summed E-state index contributed by atoms with van der Waals surface area (Å²) in [7, 11) is 0. The van der Waals surface area contributed by atoms with Crippen LogP contribution < -0.4 is 0 Å². The third-order valence-corrected chi connectivity index (χ3v) is 10.1. The van der Waals surface area contributed by atoms with Crippen molar-refractivity contribution in [2.24, 2.45) is 0 Å². The monoisotopic (exact) mass is 745 g/mol. The van der Waals surface area contributed by atoms with Gasteiger partial charge in [-0.3, -0.25) is 9.13 Å². The highest BCUT2D eigenvalue weighted by Gasteiger charge is 2.21. The van der Waals surface area contributed by atoms with Gasteiger partial charge in [0.1, 0.15) is 11.2 Å². The number of benzene rings is 8. The van der Waals surface area contributed by atoms with Crippen molar-refractivity contribution in [3.8, 4) is 45.5 Å². The number of para-hydroxylation sites is 5. The van der Waals surface area contributed by atoms with Gasteiger partial charge in [0, 0.05) is 37.9 Å². The standard InChI is InChI=1S/C51H31N5O/c1-6-21-42-37(15-1)38-16-2-7-22-43(38)55(42)50-52-49(53-51(54-50)56-44-23-8-3-17-39(44)40-18-4-9-24-45(40)56)35-14-11-13-34(31-35)32-27-29-33(30-28-32)36-20-12-26-47-48(36)41-19-5-10-25-46(41)57-47/h1-31H/i1D,2D,3D,4D,6D,7D,8D,9D,15D,16D,17D,18D,21D,22D,23D,24D. The molecule has 0 unspecified atom stereocenters. The van der Waals surface area contributed by atoms with Crippen molar-refractivity contribution in [1.29, 1.82) is 0 Å². The molecule has 12 aromatic rings. The van der Waals surface area contributed by atoms with Gasteiger partial charge in [-0.2, -0.15) is 15.0 Å². The fourth-order valence-corrected chi connectivity index (χ4v) is 7.62. The van der Waals surface area contributed by atoms with E-state index < -0.39 is 109 Å². The quantitative estimate of drug-likeness (QED) is 0.176. The van der Waals surface area contributed by atoms with Crippen LogP contribution in [-0.2, 0) is 0 Å². The lowest BCUT2D eigenvalue weighted by molar-refractivity contribution is 0.669. The predicted molar refractivity (Wildman–Crippen MR) is 232 cm³/mol. The Labute approximate surface area is 349 Å². The van der Waals surface area contributed by atoms with Gasteiger partial charge in [0.2, 0.25) is 11.9 Å². The molecular weight excluding hydrogens is 699 g/mol. The average molecular weight is 746 g/mol. The minimum absolute atomic E-state index is 0.148. The van der Waals surface area contributed by atoms with Crippen molar-refractivity contribution in [2.45, 2.75) is 0 Å². The summed E-state index contributed by atoms with van der Waals surface area (Å²) in [4.78, 5) is 14.5. The molecule has 12 rings (SSSR count). The number of rotatable bonds is 5. The van der Waals surface area contributed by atoms with Gasteiger partial charge in [0.05, 0.1) is 44.0 Å². The Kier molecular flexibility index (Phi) is 4.26. The first-order valence-electron chi connectivity index (χ1n) is 25.8. The van der Waals surface area contributed by atoms with Crippen LogP contribution >= 0.6 is 0 Å². The maximum Gasteiger partial charge on any atom is 0.240 e. The molecule has 0 N–H and O–H groups in total. The molecular formula is C51H31N5O. The Balaban J connectivity index is 1.16. The minimum atomic E-state index is -0.700. The molecule has 0 saturated heterocycles. The summed E-state index contributed by atoms with van der Waals surface area (Å²) in [6.45, 7) is 0. The van der Waals surface area contributed by atoms with Crippen LogP contribution in [0, 0.1) is 0 Å². The van der Waals surface area contributed by atoms with Crippen LogP contribution in [0.15, 0.2) is 192 Å². The van der Waals surface area contributed by atoms with E-state index >= 15 is 0 Å². The topological polar surface area (TPSA) is 61.7 Å². The zero-order chi connectivity index (χ0) is 51.4. The van der Waals surface area contributed by atoms with E-state index in [1.807, 2.05) is 72.8 Å². The number of furan rings is 1. The molecule has 0 aliphatic carbocycles. The first kappa shape index (κ1) is 19.7. The summed E-state index contributed by atoms with van der Waals surface area (Å²) < 4.78 is 150. The number of nitrogens with zero attached hydrogens (tertiary/aromatic N) is 5. The first-order chi connectivity index (χ1) is 34.9. The van der Waals surface area contributed by atoms with Gasteiger partial charge in [-0.05, 0) is 64.6 Å². The molecule has 6 heteroatoms. The van der Waals surface area contributed by atoms with E-state index in [9.17, 15) is 5.48 Å². The van der Waals surface area contributed by atoms with E-state index in [1.54, 1.807) is 18.2 Å². The molecule has 0 aliphatic heterocycles. The molecule has 0 atom stereocenters. The summed E-state index contributed by atoms with van der Waals surface area (Å²) in [6, 6.07) is 18.0. The summed E-state index contributed by atoms with van der Waals surface area (Å²) in [5.74, 6) is -1.09. The van der Waals surface area contributed by atoms with E-state index in [0.29, 0.717) is 11.1 Å². The van der Waals surface area contributed by atoms with Gasteiger partial charge in [-0.1, -0.05) is 145 Å². The van der Waals surface area contributed by atoms with Gasteiger partial charge in [0.15, 0.2) is 5.82 Å². The van der Waals surface area contributed by atoms with Crippen LogP contribution in [-0.4, -0.2) is 24.1 Å². The van der Waals surface area contributed by atoms with Crippen LogP contribution in [0.4, 0.5) is 0 Å². The zero-order valence-corrected chi connectivity index (χ0v) is 29.3. The van der Waals surface area contributed by atoms with Crippen LogP contribution in [0.5, 0.6) is 0 Å². The second kappa shape index (κ2) is 12.3. The summed E-state index contributed by atoms with van der Waals surface area (Å²) in [6.07, 6.45) is 0. The molecule has 0 spiro atoms. The van der Waals surface area contributed by atoms with Crippen molar-refractivity contribution in [1.82, 2.24) is 24.1 Å². The smallest absolute Gasteiger partial charge is 0.240 e. The molecule has 8 aromatic carbocycles. The van der Waals surface area contributed by atoms with Gasteiger partial charge in [-0.25, -0.2) is 0 Å². The number of aromatic nitrogens is 5. The van der Waals surface area contributed by atoms with E-state index in [-0.39, 0.29) is 49.4 Å². The van der Waals surface area contributed by atoms with Gasteiger partial charge >= 0.3 is 0 Å². The van der Waals surface area contributed by atoms with E-state index in [4.69, 9.17) is 35.8 Å². The van der Waals surface area contributed by atoms with Gasteiger partial charge < -0.3 is 4.42 Å². The van der Waals surface area contributed by atoms with Crippen LogP contribution in [0.1, 0.15) is 21.9 Å². The molecule has 266 valence electrons. The van der Waals surface area contributed by atoms with E-state index in [2.05, 4.69) is 0 Å². The van der Waals surface area contributed by atoms with Crippen molar-refractivity contribution in [3.05, 3.63) is 188 Å². The molecule has 0 aliphatic rings. The molecule has 6 nitrogen and oxygen atoms in total. The maximum absolute atomic E-state index is 9.20. The third kappa shape index (κ3) is 4.87. The molecule has 4 aromatic heterocycles. The SMILES string of the molecule is [2H]c1c([2H])c([2H])c2c(c1[2H])c1c([2H])c([2H])c([2H])c([2H])c1n2-c1nc(-c2cccc(-c3ccc(-c4cccc5oc6ccccc6c45)cc3)c2)nc(-n2c3c([2H])c([2H])c([2H])c([2H])c3c3c([2H])c([2H])c([2H])c([2H])c32)n1. The Bertz CT molecular complexity index is 4140. The average Bonchev–Trinajstić information content (AvgIpc) is 4.10. The third-order valence-electron chi connectivity index (χ3n) is 10.1. The number of hydrogen-bond acceptors (Lipinski definition) is 4. The minimum Gasteiger partial charge on any atom is -0.456 e. The Morgan fingerprint density at radius 3 is 1.49 bits per heavy atom. The van der Waals surface area contributed by atoms with Crippen molar-refractivity contribution < 1.29 is 26.3 Å². The molecule has 0 radical (unpaired) electrons. The largest absolute Gasteiger partial charge is 0.456 e. The lowest BCUT2D eigenvalue weighted by Gasteiger charge is -2.13. The molecule has 0 bridgehead atoms. The Morgan fingerprint density at radius 2 is 0.895 bits per heavy atom. The summed E-state index contributed by atoms with van der Waals surface area (Å²) in [5, 5.41) is 0.888. The van der Waals surface area contributed by atoms with Crippen molar-refractivity contribution in [3.63, 3.8) is 0 Å². The second-order valence-electron chi connectivity index (χ2n) is 13.3. The number of fused-ring (bicyclic) bond motifs is 9. The molecule has 0 fully saturated rings. The fourth-order valence-electron chi connectivity index (χ4n) is 7.62. The van der Waals surface area contributed by atoms with Crippen molar-refractivity contribution >= 4 is 65.6 Å². The van der Waals surface area contributed by atoms with Crippen LogP contribution in [0.3, 0.4) is 0 Å². The van der Waals surface area contributed by atoms with Crippen LogP contribution in [0.25, 0.3) is 111 Å². The zero-order valence-electron chi connectivity index (χ0n) is 45.3. The normalized spacial score (nSPS) is 15.8. The first-order valence-corrected chi connectivity index (χ1v) is 17.8. The van der Waals surface area contributed by atoms with Crippen LogP contribution in [0.2, 0.25) is 0 Å². The predicted octanol–water partition coefficient (Wildman–Crippen LogP) is 13.0. The van der Waals surface area contributed by atoms with E-state index in [1.165, 1.54) is 0 Å². The molecule has 0 amide bonds.